The van der Waals surface area contributed by atoms with Crippen molar-refractivity contribution >= 4 is 17.3 Å². The first-order valence-electron chi connectivity index (χ1n) is 5.92. The van der Waals surface area contributed by atoms with Crippen LogP contribution in [0.4, 0.5) is 11.4 Å². The fraction of sp³-hybridized carbons (Fsp3) is 0.133. The molecule has 3 N–H and O–H groups in total. The van der Waals surface area contributed by atoms with Crippen molar-refractivity contribution in [3.05, 3.63) is 53.6 Å². The Morgan fingerprint density at radius 1 is 1.21 bits per heavy atom. The number of hydrogen-bond acceptors (Lipinski definition) is 3. The number of carbonyl (C=O) groups excluding carboxylic acids is 1. The Hall–Kier alpha value is -2.49. The van der Waals surface area contributed by atoms with Crippen molar-refractivity contribution in [3.63, 3.8) is 0 Å². The predicted octanol–water partition coefficient (Wildman–Crippen LogP) is 2.84. The Kier molecular flexibility index (Phi) is 3.71. The number of hydrogen-bond donors (Lipinski definition) is 2. The third-order valence-electron chi connectivity index (χ3n) is 2.81. The van der Waals surface area contributed by atoms with Crippen LogP contribution in [0.3, 0.4) is 0 Å². The van der Waals surface area contributed by atoms with Crippen LogP contribution in [0.2, 0.25) is 0 Å². The van der Waals surface area contributed by atoms with Crippen LogP contribution in [0.1, 0.15) is 15.9 Å². The summed E-state index contributed by atoms with van der Waals surface area (Å²) < 4.78 is 5.10. The average Bonchev–Trinajstić information content (AvgIpc) is 2.39. The van der Waals surface area contributed by atoms with Gasteiger partial charge in [-0.2, -0.15) is 0 Å². The maximum Gasteiger partial charge on any atom is 0.257 e. The van der Waals surface area contributed by atoms with Crippen molar-refractivity contribution in [2.24, 2.45) is 0 Å². The summed E-state index contributed by atoms with van der Waals surface area (Å²) in [4.78, 5) is 12.2. The van der Waals surface area contributed by atoms with Crippen LogP contribution >= 0.6 is 0 Å². The Balaban J connectivity index is 2.25. The minimum Gasteiger partial charge on any atom is -0.495 e. The van der Waals surface area contributed by atoms with E-state index >= 15 is 0 Å². The fourth-order valence-corrected chi connectivity index (χ4v) is 1.84. The number of amides is 1. The van der Waals surface area contributed by atoms with Crippen molar-refractivity contribution in [3.8, 4) is 5.75 Å². The van der Waals surface area contributed by atoms with E-state index in [1.165, 1.54) is 7.11 Å². The minimum atomic E-state index is -0.248. The Bertz CT molecular complexity index is 609. The van der Waals surface area contributed by atoms with E-state index in [1.807, 2.05) is 31.2 Å². The molecule has 0 aliphatic heterocycles. The zero-order chi connectivity index (χ0) is 13.8. The van der Waals surface area contributed by atoms with E-state index in [2.05, 4.69) is 5.32 Å². The topological polar surface area (TPSA) is 64.3 Å². The molecule has 2 aromatic carbocycles. The number of rotatable bonds is 3. The van der Waals surface area contributed by atoms with E-state index in [4.69, 9.17) is 10.5 Å². The lowest BCUT2D eigenvalue weighted by atomic mass is 10.1. The normalized spacial score (nSPS) is 10.0. The third-order valence-corrected chi connectivity index (χ3v) is 2.81. The molecular weight excluding hydrogens is 240 g/mol. The molecule has 0 heterocycles. The summed E-state index contributed by atoms with van der Waals surface area (Å²) in [6.45, 7) is 1.97. The van der Waals surface area contributed by atoms with E-state index in [9.17, 15) is 4.79 Å². The summed E-state index contributed by atoms with van der Waals surface area (Å²) in [7, 11) is 1.52. The Morgan fingerprint density at radius 3 is 2.63 bits per heavy atom. The average molecular weight is 256 g/mol. The molecule has 0 aliphatic carbocycles. The number of aryl methyl sites for hydroxylation is 1. The quantitative estimate of drug-likeness (QED) is 0.830. The molecule has 0 radical (unpaired) electrons. The van der Waals surface area contributed by atoms with Crippen molar-refractivity contribution in [2.75, 3.05) is 18.2 Å². The van der Waals surface area contributed by atoms with Gasteiger partial charge in [0.05, 0.1) is 18.4 Å². The van der Waals surface area contributed by atoms with E-state index in [-0.39, 0.29) is 5.91 Å². The first-order valence-corrected chi connectivity index (χ1v) is 5.92. The highest BCUT2D eigenvalue weighted by Gasteiger charge is 2.13. The number of para-hydroxylation sites is 1. The van der Waals surface area contributed by atoms with Gasteiger partial charge in [0, 0.05) is 5.69 Å². The second kappa shape index (κ2) is 5.44. The van der Waals surface area contributed by atoms with Gasteiger partial charge in [-0.15, -0.1) is 0 Å². The molecule has 98 valence electrons. The summed E-state index contributed by atoms with van der Waals surface area (Å²) in [6.07, 6.45) is 0. The van der Waals surface area contributed by atoms with Crippen LogP contribution in [0.5, 0.6) is 5.75 Å². The maximum absolute atomic E-state index is 12.2. The largest absolute Gasteiger partial charge is 0.495 e. The van der Waals surface area contributed by atoms with Crippen molar-refractivity contribution in [1.82, 2.24) is 0 Å². The monoisotopic (exact) mass is 256 g/mol. The number of benzene rings is 2. The molecular formula is C15H16N2O2. The van der Waals surface area contributed by atoms with Gasteiger partial charge in [0.25, 0.3) is 5.91 Å². The molecule has 2 aromatic rings. The fourth-order valence-electron chi connectivity index (χ4n) is 1.84. The molecule has 0 fully saturated rings. The summed E-state index contributed by atoms with van der Waals surface area (Å²) in [5.41, 5.74) is 8.46. The zero-order valence-corrected chi connectivity index (χ0v) is 10.9. The van der Waals surface area contributed by atoms with E-state index < -0.39 is 0 Å². The zero-order valence-electron chi connectivity index (χ0n) is 10.9. The third kappa shape index (κ3) is 2.85. The van der Waals surface area contributed by atoms with Crippen LogP contribution < -0.4 is 15.8 Å². The van der Waals surface area contributed by atoms with Gasteiger partial charge in [-0.25, -0.2) is 0 Å². The van der Waals surface area contributed by atoms with Crippen LogP contribution in [0, 0.1) is 6.92 Å². The first-order chi connectivity index (χ1) is 9.11. The van der Waals surface area contributed by atoms with Gasteiger partial charge in [0.15, 0.2) is 0 Å². The van der Waals surface area contributed by atoms with Gasteiger partial charge in [-0.05, 0) is 36.8 Å². The van der Waals surface area contributed by atoms with Crippen molar-refractivity contribution in [1.29, 1.82) is 0 Å². The number of anilines is 2. The van der Waals surface area contributed by atoms with E-state index in [1.54, 1.807) is 18.2 Å². The summed E-state index contributed by atoms with van der Waals surface area (Å²) in [5.74, 6) is 0.249. The van der Waals surface area contributed by atoms with Crippen LogP contribution in [-0.4, -0.2) is 13.0 Å². The number of nitrogens with one attached hydrogen (secondary N) is 1. The van der Waals surface area contributed by atoms with Crippen LogP contribution in [0.25, 0.3) is 0 Å². The van der Waals surface area contributed by atoms with E-state index in [0.717, 1.165) is 11.3 Å². The SMILES string of the molecule is COc1cccc(C(=O)Nc2cccc(C)c2)c1N. The second-order valence-electron chi connectivity index (χ2n) is 4.25. The highest BCUT2D eigenvalue weighted by molar-refractivity contribution is 6.08. The van der Waals surface area contributed by atoms with Gasteiger partial charge in [-0.1, -0.05) is 18.2 Å². The highest BCUT2D eigenvalue weighted by Crippen LogP contribution is 2.25. The van der Waals surface area contributed by atoms with Crippen molar-refractivity contribution < 1.29 is 9.53 Å². The molecule has 19 heavy (non-hydrogen) atoms. The molecule has 0 aromatic heterocycles. The molecule has 4 heteroatoms. The van der Waals surface area contributed by atoms with Gasteiger partial charge >= 0.3 is 0 Å². The molecule has 4 nitrogen and oxygen atoms in total. The number of nitrogens with two attached hydrogens (primary N) is 1. The first kappa shape index (κ1) is 13.0. The molecule has 2 rings (SSSR count). The summed E-state index contributed by atoms with van der Waals surface area (Å²) in [6, 6.07) is 12.7. The molecule has 0 bridgehead atoms. The minimum absolute atomic E-state index is 0.248. The van der Waals surface area contributed by atoms with Crippen LogP contribution in [0.15, 0.2) is 42.5 Å². The molecule has 0 saturated carbocycles. The summed E-state index contributed by atoms with van der Waals surface area (Å²) in [5, 5.41) is 2.82. The Labute approximate surface area is 112 Å². The molecule has 0 atom stereocenters. The predicted molar refractivity (Wildman–Crippen MR) is 76.5 cm³/mol. The molecule has 0 aliphatic rings. The number of nitrogen functional groups attached to an aromatic ring is 1. The molecule has 0 spiro atoms. The number of carbonyl (C=O) groups is 1. The van der Waals surface area contributed by atoms with Gasteiger partial charge in [-0.3, -0.25) is 4.79 Å². The lowest BCUT2D eigenvalue weighted by Crippen LogP contribution is -2.14. The van der Waals surface area contributed by atoms with Gasteiger partial charge in [0.1, 0.15) is 5.75 Å². The summed E-state index contributed by atoms with van der Waals surface area (Å²) >= 11 is 0. The van der Waals surface area contributed by atoms with Crippen molar-refractivity contribution in [2.45, 2.75) is 6.92 Å². The molecule has 0 saturated heterocycles. The van der Waals surface area contributed by atoms with Crippen LogP contribution in [-0.2, 0) is 0 Å². The maximum atomic E-state index is 12.2. The lowest BCUT2D eigenvalue weighted by Gasteiger charge is -2.10. The lowest BCUT2D eigenvalue weighted by molar-refractivity contribution is 0.102. The number of methoxy groups -OCH3 is 1. The van der Waals surface area contributed by atoms with E-state index in [0.29, 0.717) is 17.0 Å². The standard InChI is InChI=1S/C15H16N2O2/c1-10-5-3-6-11(9-10)17-15(18)12-7-4-8-13(19-2)14(12)16/h3-9H,16H2,1-2H3,(H,17,18). The number of ether oxygens (including phenoxy) is 1. The molecule has 1 amide bonds. The molecule has 0 unspecified atom stereocenters. The Morgan fingerprint density at radius 2 is 1.95 bits per heavy atom. The van der Waals surface area contributed by atoms with Gasteiger partial charge < -0.3 is 15.8 Å². The second-order valence-corrected chi connectivity index (χ2v) is 4.25. The van der Waals surface area contributed by atoms with Gasteiger partial charge in [0.2, 0.25) is 0 Å². The smallest absolute Gasteiger partial charge is 0.257 e. The highest BCUT2D eigenvalue weighted by atomic mass is 16.5.